The molecule has 22 heavy (non-hydrogen) atoms. The van der Waals surface area contributed by atoms with E-state index in [4.69, 9.17) is 21.1 Å². The normalized spacial score (nSPS) is 22.8. The molecule has 1 saturated carbocycles. The standard InChI is InChI=1S/C15H14ClFO5/c1-8(18)22-12-4-3-9(5-11(12)17)6-15(14(20)21-2)7-10(15)13(16)19/h3-5,10H,6-7H2,1-2H3/t10?,15-/m0/s1. The number of ether oxygens (including phenoxy) is 2. The molecule has 0 amide bonds. The van der Waals surface area contributed by atoms with Gasteiger partial charge in [0.15, 0.2) is 11.6 Å². The molecule has 0 spiro atoms. The van der Waals surface area contributed by atoms with Crippen LogP contribution in [0.1, 0.15) is 18.9 Å². The van der Waals surface area contributed by atoms with Crippen LogP contribution in [0, 0.1) is 17.2 Å². The fourth-order valence-electron chi connectivity index (χ4n) is 2.56. The largest absolute Gasteiger partial charge is 0.469 e. The number of esters is 2. The van der Waals surface area contributed by atoms with Gasteiger partial charge < -0.3 is 9.47 Å². The van der Waals surface area contributed by atoms with E-state index in [0.29, 0.717) is 5.56 Å². The minimum Gasteiger partial charge on any atom is -0.469 e. The first kappa shape index (κ1) is 16.4. The molecule has 5 nitrogen and oxygen atoms in total. The average molecular weight is 329 g/mol. The van der Waals surface area contributed by atoms with E-state index in [1.165, 1.54) is 26.2 Å². The summed E-state index contributed by atoms with van der Waals surface area (Å²) in [4.78, 5) is 34.1. The number of halogens is 2. The number of methoxy groups -OCH3 is 1. The third-order valence-corrected chi connectivity index (χ3v) is 3.97. The van der Waals surface area contributed by atoms with Gasteiger partial charge in [-0.3, -0.25) is 14.4 Å². The number of hydrogen-bond acceptors (Lipinski definition) is 5. The average Bonchev–Trinajstić information content (AvgIpc) is 3.16. The molecule has 2 rings (SSSR count). The topological polar surface area (TPSA) is 69.7 Å². The maximum Gasteiger partial charge on any atom is 0.312 e. The van der Waals surface area contributed by atoms with E-state index in [9.17, 15) is 18.8 Å². The molecule has 1 aromatic carbocycles. The van der Waals surface area contributed by atoms with Crippen molar-refractivity contribution in [3.8, 4) is 5.75 Å². The van der Waals surface area contributed by atoms with Crippen molar-refractivity contribution in [3.05, 3.63) is 29.6 Å². The Kier molecular flexibility index (Phi) is 4.51. The molecule has 7 heteroatoms. The monoisotopic (exact) mass is 328 g/mol. The van der Waals surface area contributed by atoms with Crippen molar-refractivity contribution < 1.29 is 28.2 Å². The van der Waals surface area contributed by atoms with Gasteiger partial charge in [-0.1, -0.05) is 6.07 Å². The Hall–Kier alpha value is -1.95. The van der Waals surface area contributed by atoms with Crippen molar-refractivity contribution in [2.45, 2.75) is 19.8 Å². The molecule has 1 aromatic rings. The maximum absolute atomic E-state index is 13.9. The van der Waals surface area contributed by atoms with Crippen molar-refractivity contribution in [1.82, 2.24) is 0 Å². The Morgan fingerprint density at radius 2 is 2.09 bits per heavy atom. The van der Waals surface area contributed by atoms with Gasteiger partial charge in [-0.15, -0.1) is 0 Å². The van der Waals surface area contributed by atoms with Crippen LogP contribution in [-0.4, -0.2) is 24.3 Å². The highest BCUT2D eigenvalue weighted by molar-refractivity contribution is 6.64. The Labute approximate surface area is 131 Å². The molecule has 0 saturated heterocycles. The van der Waals surface area contributed by atoms with Gasteiger partial charge in [0.05, 0.1) is 18.4 Å². The Balaban J connectivity index is 2.22. The summed E-state index contributed by atoms with van der Waals surface area (Å²) in [5, 5.41) is -0.609. The lowest BCUT2D eigenvalue weighted by Gasteiger charge is -2.14. The first-order valence-corrected chi connectivity index (χ1v) is 6.92. The molecule has 2 atom stereocenters. The first-order chi connectivity index (χ1) is 10.3. The molecule has 118 valence electrons. The fourth-order valence-corrected chi connectivity index (χ4v) is 2.84. The molecule has 0 heterocycles. The van der Waals surface area contributed by atoms with Gasteiger partial charge in [0, 0.05) is 6.92 Å². The molecule has 0 bridgehead atoms. The maximum atomic E-state index is 13.9. The van der Waals surface area contributed by atoms with E-state index >= 15 is 0 Å². The molecular formula is C15H14ClFO5. The molecule has 1 aliphatic rings. The van der Waals surface area contributed by atoms with E-state index in [-0.39, 0.29) is 18.6 Å². The molecule has 0 aromatic heterocycles. The van der Waals surface area contributed by atoms with E-state index in [1.807, 2.05) is 0 Å². The number of rotatable bonds is 5. The zero-order valence-electron chi connectivity index (χ0n) is 12.0. The van der Waals surface area contributed by atoms with Gasteiger partial charge in [-0.05, 0) is 42.1 Å². The lowest BCUT2D eigenvalue weighted by atomic mass is 9.94. The van der Waals surface area contributed by atoms with Crippen molar-refractivity contribution in [3.63, 3.8) is 0 Å². The van der Waals surface area contributed by atoms with Crippen molar-refractivity contribution >= 4 is 28.8 Å². The van der Waals surface area contributed by atoms with E-state index in [2.05, 4.69) is 0 Å². The van der Waals surface area contributed by atoms with E-state index in [1.54, 1.807) is 0 Å². The summed E-state index contributed by atoms with van der Waals surface area (Å²) in [6.07, 6.45) is 0.398. The van der Waals surface area contributed by atoms with Crippen molar-refractivity contribution in [2.24, 2.45) is 11.3 Å². The predicted molar refractivity (Wildman–Crippen MR) is 74.8 cm³/mol. The van der Waals surface area contributed by atoms with Crippen LogP contribution in [0.2, 0.25) is 0 Å². The Morgan fingerprint density at radius 1 is 1.41 bits per heavy atom. The van der Waals surface area contributed by atoms with Crippen LogP contribution in [0.3, 0.4) is 0 Å². The highest BCUT2D eigenvalue weighted by atomic mass is 35.5. The third kappa shape index (κ3) is 3.11. The van der Waals surface area contributed by atoms with Gasteiger partial charge in [0.25, 0.3) is 0 Å². The number of carbonyl (C=O) groups excluding carboxylic acids is 3. The van der Waals surface area contributed by atoms with Crippen LogP contribution in [-0.2, 0) is 25.5 Å². The summed E-state index contributed by atoms with van der Waals surface area (Å²) >= 11 is 5.46. The van der Waals surface area contributed by atoms with Gasteiger partial charge >= 0.3 is 11.9 Å². The second kappa shape index (κ2) is 6.04. The zero-order chi connectivity index (χ0) is 16.5. The van der Waals surface area contributed by atoms with Gasteiger partial charge in [-0.2, -0.15) is 0 Å². The zero-order valence-corrected chi connectivity index (χ0v) is 12.8. The number of hydrogen-bond donors (Lipinski definition) is 0. The highest BCUT2D eigenvalue weighted by Crippen LogP contribution is 2.56. The smallest absolute Gasteiger partial charge is 0.312 e. The minimum absolute atomic E-state index is 0.125. The molecular weight excluding hydrogens is 315 g/mol. The van der Waals surface area contributed by atoms with Crippen LogP contribution in [0.15, 0.2) is 18.2 Å². The lowest BCUT2D eigenvalue weighted by molar-refractivity contribution is -0.148. The predicted octanol–water partition coefficient (Wildman–Crippen LogP) is 2.24. The molecule has 0 radical (unpaired) electrons. The summed E-state index contributed by atoms with van der Waals surface area (Å²) in [7, 11) is 1.22. The van der Waals surface area contributed by atoms with Crippen LogP contribution in [0.5, 0.6) is 5.75 Å². The van der Waals surface area contributed by atoms with Crippen LogP contribution >= 0.6 is 11.6 Å². The van der Waals surface area contributed by atoms with Gasteiger partial charge in [0.2, 0.25) is 5.24 Å². The quantitative estimate of drug-likeness (QED) is 0.471. The van der Waals surface area contributed by atoms with Crippen LogP contribution in [0.25, 0.3) is 0 Å². The third-order valence-electron chi connectivity index (χ3n) is 3.71. The van der Waals surface area contributed by atoms with Gasteiger partial charge in [-0.25, -0.2) is 4.39 Å². The van der Waals surface area contributed by atoms with E-state index < -0.39 is 34.3 Å². The summed E-state index contributed by atoms with van der Waals surface area (Å²) in [6.45, 7) is 1.17. The van der Waals surface area contributed by atoms with Crippen LogP contribution < -0.4 is 4.74 Å². The molecule has 1 aliphatic carbocycles. The number of benzene rings is 1. The fraction of sp³-hybridized carbons (Fsp3) is 0.400. The molecule has 0 N–H and O–H groups in total. The van der Waals surface area contributed by atoms with E-state index in [0.717, 1.165) is 6.07 Å². The Bertz CT molecular complexity index is 645. The van der Waals surface area contributed by atoms with Gasteiger partial charge in [0.1, 0.15) is 0 Å². The van der Waals surface area contributed by atoms with Crippen LogP contribution in [0.4, 0.5) is 4.39 Å². The number of carbonyl (C=O) groups is 3. The first-order valence-electron chi connectivity index (χ1n) is 6.55. The summed E-state index contributed by atoms with van der Waals surface area (Å²) < 4.78 is 23.3. The second-order valence-electron chi connectivity index (χ2n) is 5.24. The summed E-state index contributed by atoms with van der Waals surface area (Å²) in [6, 6.07) is 3.99. The Morgan fingerprint density at radius 3 is 2.55 bits per heavy atom. The molecule has 1 unspecified atom stereocenters. The van der Waals surface area contributed by atoms with Crippen molar-refractivity contribution in [1.29, 1.82) is 0 Å². The highest BCUT2D eigenvalue weighted by Gasteiger charge is 2.63. The SMILES string of the molecule is COC(=O)[C@@]1(Cc2ccc(OC(C)=O)c(F)c2)CC1C(=O)Cl. The second-order valence-corrected chi connectivity index (χ2v) is 5.62. The van der Waals surface area contributed by atoms with Crippen molar-refractivity contribution in [2.75, 3.05) is 7.11 Å². The molecule has 1 fully saturated rings. The summed E-state index contributed by atoms with van der Waals surface area (Å²) in [5.74, 6) is -2.72. The minimum atomic E-state index is -1.04. The summed E-state index contributed by atoms with van der Waals surface area (Å²) in [5.41, 5.74) is -0.553. The molecule has 0 aliphatic heterocycles. The lowest BCUT2D eigenvalue weighted by Crippen LogP contribution is -2.24.